The summed E-state index contributed by atoms with van der Waals surface area (Å²) in [5.74, 6) is -0.941. The minimum absolute atomic E-state index is 0.184. The van der Waals surface area contributed by atoms with E-state index in [1.807, 2.05) is 69.3 Å². The van der Waals surface area contributed by atoms with E-state index in [9.17, 15) is 14.4 Å². The highest BCUT2D eigenvalue weighted by atomic mass is 16.2. The standard InChI is InChI=1S/C23H29N3O3/c1-6-23(5,22(29)25-20-10-8-7-9-17(20)3)26(21(28)15-24-18(4)27)19-13-11-16(2)12-14-19/h7-14H,6,15H2,1-5H3,(H,24,27)(H,25,29)/t23-/m0/s1. The molecule has 6 heteroatoms. The monoisotopic (exact) mass is 395 g/mol. The molecule has 2 aromatic rings. The molecule has 0 bridgehead atoms. The highest BCUT2D eigenvalue weighted by Crippen LogP contribution is 2.29. The summed E-state index contributed by atoms with van der Waals surface area (Å²) in [6.07, 6.45) is 0.393. The van der Waals surface area contributed by atoms with E-state index >= 15 is 0 Å². The van der Waals surface area contributed by atoms with Crippen LogP contribution >= 0.6 is 0 Å². The van der Waals surface area contributed by atoms with E-state index in [-0.39, 0.29) is 24.3 Å². The zero-order valence-corrected chi connectivity index (χ0v) is 17.7. The van der Waals surface area contributed by atoms with E-state index in [0.717, 1.165) is 11.1 Å². The Kier molecular flexibility index (Phi) is 7.15. The number of hydrogen-bond acceptors (Lipinski definition) is 3. The molecule has 0 radical (unpaired) electrons. The van der Waals surface area contributed by atoms with Crippen LogP contribution in [0.25, 0.3) is 0 Å². The zero-order chi connectivity index (χ0) is 21.6. The highest BCUT2D eigenvalue weighted by Gasteiger charge is 2.41. The van der Waals surface area contributed by atoms with Gasteiger partial charge in [-0.05, 0) is 51.0 Å². The van der Waals surface area contributed by atoms with Crippen LogP contribution in [0.5, 0.6) is 0 Å². The zero-order valence-electron chi connectivity index (χ0n) is 17.7. The molecule has 0 unspecified atom stereocenters. The maximum Gasteiger partial charge on any atom is 0.250 e. The van der Waals surface area contributed by atoms with Crippen molar-refractivity contribution in [3.8, 4) is 0 Å². The predicted molar refractivity (Wildman–Crippen MR) is 116 cm³/mol. The second-order valence-corrected chi connectivity index (χ2v) is 7.37. The molecule has 0 saturated carbocycles. The van der Waals surface area contributed by atoms with Crippen LogP contribution in [-0.4, -0.2) is 29.8 Å². The van der Waals surface area contributed by atoms with Gasteiger partial charge in [-0.15, -0.1) is 0 Å². The molecule has 29 heavy (non-hydrogen) atoms. The van der Waals surface area contributed by atoms with Gasteiger partial charge >= 0.3 is 0 Å². The Morgan fingerprint density at radius 1 is 1.00 bits per heavy atom. The fraction of sp³-hybridized carbons (Fsp3) is 0.348. The van der Waals surface area contributed by atoms with Crippen LogP contribution < -0.4 is 15.5 Å². The average Bonchev–Trinajstić information content (AvgIpc) is 2.69. The summed E-state index contributed by atoms with van der Waals surface area (Å²) in [6.45, 7) is 8.65. The number of hydrogen-bond donors (Lipinski definition) is 2. The molecule has 1 atom stereocenters. The van der Waals surface area contributed by atoms with E-state index < -0.39 is 5.54 Å². The maximum atomic E-state index is 13.3. The van der Waals surface area contributed by atoms with Crippen LogP contribution in [0.15, 0.2) is 48.5 Å². The van der Waals surface area contributed by atoms with Crippen molar-refractivity contribution >= 4 is 29.1 Å². The smallest absolute Gasteiger partial charge is 0.250 e. The van der Waals surface area contributed by atoms with Crippen LogP contribution in [0.2, 0.25) is 0 Å². The van der Waals surface area contributed by atoms with Crippen molar-refractivity contribution in [2.24, 2.45) is 0 Å². The first-order valence-electron chi connectivity index (χ1n) is 9.70. The van der Waals surface area contributed by atoms with Gasteiger partial charge in [0.15, 0.2) is 0 Å². The highest BCUT2D eigenvalue weighted by molar-refractivity contribution is 6.08. The Morgan fingerprint density at radius 3 is 2.17 bits per heavy atom. The Labute approximate surface area is 172 Å². The Morgan fingerprint density at radius 2 is 1.62 bits per heavy atom. The normalized spacial score (nSPS) is 12.6. The third-order valence-corrected chi connectivity index (χ3v) is 5.09. The minimum Gasteiger partial charge on any atom is -0.347 e. The molecule has 0 aliphatic heterocycles. The van der Waals surface area contributed by atoms with Crippen LogP contribution in [0.3, 0.4) is 0 Å². The quantitative estimate of drug-likeness (QED) is 0.752. The second kappa shape index (κ2) is 9.37. The molecular weight excluding hydrogens is 366 g/mol. The molecule has 0 saturated heterocycles. The van der Waals surface area contributed by atoms with Gasteiger partial charge in [-0.25, -0.2) is 0 Å². The average molecular weight is 396 g/mol. The predicted octanol–water partition coefficient (Wildman–Crippen LogP) is 3.58. The second-order valence-electron chi connectivity index (χ2n) is 7.37. The number of rotatable bonds is 7. The van der Waals surface area contributed by atoms with Crippen LogP contribution in [0.4, 0.5) is 11.4 Å². The van der Waals surface area contributed by atoms with Gasteiger partial charge in [0.25, 0.3) is 0 Å². The fourth-order valence-electron chi connectivity index (χ4n) is 3.07. The summed E-state index contributed by atoms with van der Waals surface area (Å²) >= 11 is 0. The molecule has 0 heterocycles. The summed E-state index contributed by atoms with van der Waals surface area (Å²) < 4.78 is 0. The number of nitrogens with zero attached hydrogens (tertiary/aromatic N) is 1. The Bertz CT molecular complexity index is 892. The van der Waals surface area contributed by atoms with Gasteiger partial charge in [0.2, 0.25) is 17.7 Å². The lowest BCUT2D eigenvalue weighted by molar-refractivity contribution is -0.127. The van der Waals surface area contributed by atoms with E-state index in [0.29, 0.717) is 17.8 Å². The molecule has 0 fully saturated rings. The molecule has 0 aromatic heterocycles. The van der Waals surface area contributed by atoms with Crippen molar-refractivity contribution in [3.05, 3.63) is 59.7 Å². The molecule has 6 nitrogen and oxygen atoms in total. The van der Waals surface area contributed by atoms with Crippen molar-refractivity contribution < 1.29 is 14.4 Å². The molecular formula is C23H29N3O3. The van der Waals surface area contributed by atoms with Gasteiger partial charge in [-0.1, -0.05) is 42.8 Å². The first-order chi connectivity index (χ1) is 13.7. The lowest BCUT2D eigenvalue weighted by Gasteiger charge is -2.39. The summed E-state index contributed by atoms with van der Waals surface area (Å²) in [5.41, 5.74) is 2.15. The first kappa shape index (κ1) is 22.1. The van der Waals surface area contributed by atoms with Crippen molar-refractivity contribution in [3.63, 3.8) is 0 Å². The molecule has 0 aliphatic carbocycles. The summed E-state index contributed by atoms with van der Waals surface area (Å²) in [7, 11) is 0. The van der Waals surface area contributed by atoms with Gasteiger partial charge in [-0.3, -0.25) is 19.3 Å². The fourth-order valence-corrected chi connectivity index (χ4v) is 3.07. The number of carbonyl (C=O) groups is 3. The maximum absolute atomic E-state index is 13.3. The van der Waals surface area contributed by atoms with E-state index in [1.165, 1.54) is 11.8 Å². The third-order valence-electron chi connectivity index (χ3n) is 5.09. The Hall–Kier alpha value is -3.15. The van der Waals surface area contributed by atoms with Gasteiger partial charge in [0.1, 0.15) is 5.54 Å². The van der Waals surface area contributed by atoms with Gasteiger partial charge < -0.3 is 10.6 Å². The van der Waals surface area contributed by atoms with Gasteiger partial charge in [0, 0.05) is 18.3 Å². The largest absolute Gasteiger partial charge is 0.347 e. The van der Waals surface area contributed by atoms with Crippen molar-refractivity contribution in [2.75, 3.05) is 16.8 Å². The lowest BCUT2D eigenvalue weighted by Crippen LogP contribution is -2.59. The summed E-state index contributed by atoms with van der Waals surface area (Å²) in [5, 5.41) is 5.50. The van der Waals surface area contributed by atoms with Crippen LogP contribution in [-0.2, 0) is 14.4 Å². The first-order valence-corrected chi connectivity index (χ1v) is 9.70. The van der Waals surface area contributed by atoms with Crippen LogP contribution in [0, 0.1) is 13.8 Å². The summed E-state index contributed by atoms with van der Waals surface area (Å²) in [4.78, 5) is 39.2. The topological polar surface area (TPSA) is 78.5 Å². The Balaban J connectivity index is 2.44. The number of anilines is 2. The molecule has 2 N–H and O–H groups in total. The van der Waals surface area contributed by atoms with Crippen LogP contribution in [0.1, 0.15) is 38.3 Å². The van der Waals surface area contributed by atoms with E-state index in [4.69, 9.17) is 0 Å². The molecule has 0 aliphatic rings. The molecule has 2 aromatic carbocycles. The van der Waals surface area contributed by atoms with Gasteiger partial charge in [-0.2, -0.15) is 0 Å². The number of nitrogens with one attached hydrogen (secondary N) is 2. The van der Waals surface area contributed by atoms with Gasteiger partial charge in [0.05, 0.1) is 6.54 Å². The van der Waals surface area contributed by atoms with Crippen molar-refractivity contribution in [1.29, 1.82) is 0 Å². The number of benzene rings is 2. The van der Waals surface area contributed by atoms with Crippen molar-refractivity contribution in [1.82, 2.24) is 5.32 Å². The molecule has 154 valence electrons. The lowest BCUT2D eigenvalue weighted by atomic mass is 9.93. The number of para-hydroxylation sites is 1. The number of aryl methyl sites for hydroxylation is 2. The molecule has 2 rings (SSSR count). The minimum atomic E-state index is -1.15. The third kappa shape index (κ3) is 5.22. The van der Waals surface area contributed by atoms with Crippen molar-refractivity contribution in [2.45, 2.75) is 46.6 Å². The number of carbonyl (C=O) groups excluding carboxylic acids is 3. The SMILES string of the molecule is CC[C@@](C)(C(=O)Nc1ccccc1C)N(C(=O)CNC(C)=O)c1ccc(C)cc1. The van der Waals surface area contributed by atoms with E-state index in [2.05, 4.69) is 10.6 Å². The molecule has 3 amide bonds. The van der Waals surface area contributed by atoms with E-state index in [1.54, 1.807) is 6.92 Å². The summed E-state index contributed by atoms with van der Waals surface area (Å²) in [6, 6.07) is 14.9. The number of amides is 3. The molecule has 0 spiro atoms.